The number of nitrogens with one attached hydrogen (secondary N) is 1. The van der Waals surface area contributed by atoms with Crippen LogP contribution in [0, 0.1) is 0 Å². The largest absolute Gasteiger partial charge is 0.378 e. The third-order valence-electron chi connectivity index (χ3n) is 4.04. The molecule has 2 fully saturated rings. The lowest BCUT2D eigenvalue weighted by atomic mass is 9.97. The van der Waals surface area contributed by atoms with Gasteiger partial charge in [0, 0.05) is 19.1 Å². The average molecular weight is 281 g/mol. The Bertz CT molecular complexity index is 426. The average Bonchev–Trinajstić information content (AvgIpc) is 2.49. The molecule has 3 nitrogen and oxygen atoms in total. The second kappa shape index (κ2) is 6.12. The van der Waals surface area contributed by atoms with Crippen molar-refractivity contribution in [3.05, 3.63) is 28.8 Å². The standard InChI is InChI=1S/C15H21ClN2O/c16-13-11-12(14-3-1-2-6-17-14)4-5-15(13)18-7-9-19-10-8-18/h4-5,11,14,17H,1-3,6-10H2. The maximum Gasteiger partial charge on any atom is 0.0642 e. The number of benzene rings is 1. The predicted molar refractivity (Wildman–Crippen MR) is 79.1 cm³/mol. The Kier molecular flexibility index (Phi) is 4.26. The van der Waals surface area contributed by atoms with Gasteiger partial charge in [-0.2, -0.15) is 0 Å². The van der Waals surface area contributed by atoms with Crippen LogP contribution in [-0.4, -0.2) is 32.8 Å². The maximum atomic E-state index is 6.47. The van der Waals surface area contributed by atoms with Crippen molar-refractivity contribution in [1.29, 1.82) is 0 Å². The minimum Gasteiger partial charge on any atom is -0.378 e. The van der Waals surface area contributed by atoms with Crippen molar-refractivity contribution in [3.63, 3.8) is 0 Å². The van der Waals surface area contributed by atoms with Gasteiger partial charge in [-0.25, -0.2) is 0 Å². The fourth-order valence-corrected chi connectivity index (χ4v) is 3.25. The number of nitrogens with zero attached hydrogens (tertiary/aromatic N) is 1. The first kappa shape index (κ1) is 13.2. The molecule has 1 atom stereocenters. The molecule has 0 saturated carbocycles. The van der Waals surface area contributed by atoms with Gasteiger partial charge in [-0.1, -0.05) is 24.1 Å². The molecule has 0 bridgehead atoms. The summed E-state index contributed by atoms with van der Waals surface area (Å²) in [5, 5.41) is 4.44. The van der Waals surface area contributed by atoms with Crippen LogP contribution in [0.5, 0.6) is 0 Å². The van der Waals surface area contributed by atoms with Crippen LogP contribution >= 0.6 is 11.6 Å². The number of piperidine rings is 1. The number of hydrogen-bond donors (Lipinski definition) is 1. The number of morpholine rings is 1. The summed E-state index contributed by atoms with van der Waals surface area (Å²) < 4.78 is 5.39. The molecule has 3 rings (SSSR count). The molecule has 0 radical (unpaired) electrons. The van der Waals surface area contributed by atoms with Crippen molar-refractivity contribution in [3.8, 4) is 0 Å². The molecule has 0 spiro atoms. The van der Waals surface area contributed by atoms with Crippen molar-refractivity contribution in [1.82, 2.24) is 5.32 Å². The Hall–Kier alpha value is -0.770. The summed E-state index contributed by atoms with van der Waals surface area (Å²) in [6.07, 6.45) is 3.81. The monoisotopic (exact) mass is 280 g/mol. The smallest absolute Gasteiger partial charge is 0.0642 e. The van der Waals surface area contributed by atoms with Crippen LogP contribution in [0.4, 0.5) is 5.69 Å². The molecule has 2 heterocycles. The summed E-state index contributed by atoms with van der Waals surface area (Å²) in [5.74, 6) is 0. The predicted octanol–water partition coefficient (Wildman–Crippen LogP) is 2.99. The highest BCUT2D eigenvalue weighted by Gasteiger charge is 2.18. The van der Waals surface area contributed by atoms with E-state index in [0.29, 0.717) is 6.04 Å². The third-order valence-corrected chi connectivity index (χ3v) is 4.34. The zero-order valence-electron chi connectivity index (χ0n) is 11.2. The molecule has 19 heavy (non-hydrogen) atoms. The van der Waals surface area contributed by atoms with Gasteiger partial charge in [0.1, 0.15) is 0 Å². The molecule has 2 aliphatic rings. The van der Waals surface area contributed by atoms with Crippen LogP contribution in [0.25, 0.3) is 0 Å². The van der Waals surface area contributed by atoms with Gasteiger partial charge in [-0.05, 0) is 37.1 Å². The molecule has 1 N–H and O–H groups in total. The maximum absolute atomic E-state index is 6.47. The number of ether oxygens (including phenoxy) is 1. The van der Waals surface area contributed by atoms with Crippen molar-refractivity contribution in [2.45, 2.75) is 25.3 Å². The lowest BCUT2D eigenvalue weighted by Crippen LogP contribution is -2.36. The fourth-order valence-electron chi connectivity index (χ4n) is 2.94. The minimum absolute atomic E-state index is 0.477. The fraction of sp³-hybridized carbons (Fsp3) is 0.600. The van der Waals surface area contributed by atoms with Crippen LogP contribution in [0.2, 0.25) is 5.02 Å². The van der Waals surface area contributed by atoms with E-state index in [0.717, 1.165) is 43.6 Å². The number of halogens is 1. The van der Waals surface area contributed by atoms with Crippen LogP contribution < -0.4 is 10.2 Å². The summed E-state index contributed by atoms with van der Waals surface area (Å²) in [5.41, 5.74) is 2.46. The molecular formula is C15H21ClN2O. The molecule has 1 unspecified atom stereocenters. The highest BCUT2D eigenvalue weighted by atomic mass is 35.5. The molecule has 104 valence electrons. The molecule has 2 aliphatic heterocycles. The van der Waals surface area contributed by atoms with E-state index in [1.165, 1.54) is 24.8 Å². The molecule has 2 saturated heterocycles. The lowest BCUT2D eigenvalue weighted by molar-refractivity contribution is 0.122. The zero-order valence-corrected chi connectivity index (χ0v) is 12.0. The summed E-state index contributed by atoms with van der Waals surface area (Å²) >= 11 is 6.47. The number of rotatable bonds is 2. The van der Waals surface area contributed by atoms with E-state index < -0.39 is 0 Å². The second-order valence-corrected chi connectivity index (χ2v) is 5.72. The molecular weight excluding hydrogens is 260 g/mol. The van der Waals surface area contributed by atoms with Gasteiger partial charge in [0.25, 0.3) is 0 Å². The van der Waals surface area contributed by atoms with Gasteiger partial charge in [0.2, 0.25) is 0 Å². The molecule has 0 aliphatic carbocycles. The van der Waals surface area contributed by atoms with Crippen molar-refractivity contribution in [2.75, 3.05) is 37.7 Å². The third kappa shape index (κ3) is 3.04. The quantitative estimate of drug-likeness (QED) is 0.901. The Morgan fingerprint density at radius 1 is 1.21 bits per heavy atom. The van der Waals surface area contributed by atoms with Gasteiger partial charge < -0.3 is 15.0 Å². The van der Waals surface area contributed by atoms with Crippen LogP contribution in [0.15, 0.2) is 18.2 Å². The lowest BCUT2D eigenvalue weighted by Gasteiger charge is -2.30. The van der Waals surface area contributed by atoms with Gasteiger partial charge in [-0.3, -0.25) is 0 Å². The minimum atomic E-state index is 0.477. The van der Waals surface area contributed by atoms with Crippen LogP contribution in [0.1, 0.15) is 30.9 Å². The first-order chi connectivity index (χ1) is 9.34. The zero-order chi connectivity index (χ0) is 13.1. The summed E-state index contributed by atoms with van der Waals surface area (Å²) in [6.45, 7) is 4.57. The summed E-state index contributed by atoms with van der Waals surface area (Å²) in [4.78, 5) is 2.31. The number of anilines is 1. The van der Waals surface area contributed by atoms with E-state index in [1.54, 1.807) is 0 Å². The molecule has 0 amide bonds. The summed E-state index contributed by atoms with van der Waals surface area (Å²) in [6, 6.07) is 7.00. The van der Waals surface area contributed by atoms with Gasteiger partial charge in [0.15, 0.2) is 0 Å². The highest BCUT2D eigenvalue weighted by Crippen LogP contribution is 2.31. The Morgan fingerprint density at radius 3 is 2.74 bits per heavy atom. The van der Waals surface area contributed by atoms with E-state index in [2.05, 4.69) is 28.4 Å². The SMILES string of the molecule is Clc1cc(C2CCCCN2)ccc1N1CCOCC1. The van der Waals surface area contributed by atoms with Gasteiger partial charge in [-0.15, -0.1) is 0 Å². The molecule has 1 aromatic carbocycles. The van der Waals surface area contributed by atoms with Crippen molar-refractivity contribution >= 4 is 17.3 Å². The van der Waals surface area contributed by atoms with Crippen LogP contribution in [-0.2, 0) is 4.74 Å². The van der Waals surface area contributed by atoms with Crippen molar-refractivity contribution in [2.24, 2.45) is 0 Å². The van der Waals surface area contributed by atoms with E-state index in [1.807, 2.05) is 0 Å². The normalized spacial score (nSPS) is 24.5. The Labute approximate surface area is 119 Å². The van der Waals surface area contributed by atoms with E-state index >= 15 is 0 Å². The molecule has 1 aromatic rings. The van der Waals surface area contributed by atoms with Gasteiger partial charge >= 0.3 is 0 Å². The van der Waals surface area contributed by atoms with E-state index in [4.69, 9.17) is 16.3 Å². The Morgan fingerprint density at radius 2 is 2.05 bits per heavy atom. The first-order valence-electron chi connectivity index (χ1n) is 7.20. The second-order valence-electron chi connectivity index (χ2n) is 5.31. The highest BCUT2D eigenvalue weighted by molar-refractivity contribution is 6.33. The Balaban J connectivity index is 1.76. The van der Waals surface area contributed by atoms with Crippen LogP contribution in [0.3, 0.4) is 0 Å². The first-order valence-corrected chi connectivity index (χ1v) is 7.58. The number of hydrogen-bond acceptors (Lipinski definition) is 3. The van der Waals surface area contributed by atoms with E-state index in [9.17, 15) is 0 Å². The topological polar surface area (TPSA) is 24.5 Å². The van der Waals surface area contributed by atoms with Crippen molar-refractivity contribution < 1.29 is 4.74 Å². The molecule has 4 heteroatoms. The molecule has 0 aromatic heterocycles. The summed E-state index contributed by atoms with van der Waals surface area (Å²) in [7, 11) is 0. The van der Waals surface area contributed by atoms with Gasteiger partial charge in [0.05, 0.1) is 23.9 Å². The van der Waals surface area contributed by atoms with E-state index in [-0.39, 0.29) is 0 Å².